The van der Waals surface area contributed by atoms with Gasteiger partial charge < -0.3 is 9.30 Å². The van der Waals surface area contributed by atoms with Gasteiger partial charge in [-0.2, -0.15) is 5.26 Å². The van der Waals surface area contributed by atoms with Crippen LogP contribution in [0.3, 0.4) is 0 Å². The summed E-state index contributed by atoms with van der Waals surface area (Å²) in [5.41, 5.74) is 2.47. The number of hydrogen-bond donors (Lipinski definition) is 0. The standard InChI is InChI=1S/C16H13N3O2S/c1-9-4-5-14(22-9)15-18-13(16(20)21-15)7-11-6-12(8-17)19(3)10(11)2/h4-7H,1-3H3/b13-7-. The molecule has 5 nitrogen and oxygen atoms in total. The summed E-state index contributed by atoms with van der Waals surface area (Å²) in [6, 6.07) is 7.69. The fourth-order valence-corrected chi connectivity index (χ4v) is 2.98. The highest BCUT2D eigenvalue weighted by atomic mass is 32.1. The molecule has 0 fully saturated rings. The van der Waals surface area contributed by atoms with E-state index in [1.807, 2.05) is 33.0 Å². The largest absolute Gasteiger partial charge is 0.401 e. The van der Waals surface area contributed by atoms with Gasteiger partial charge in [-0.25, -0.2) is 9.79 Å². The first kappa shape index (κ1) is 14.3. The van der Waals surface area contributed by atoms with Crippen LogP contribution in [0.1, 0.15) is 26.7 Å². The zero-order valence-electron chi connectivity index (χ0n) is 12.4. The van der Waals surface area contributed by atoms with Crippen molar-refractivity contribution in [1.29, 1.82) is 5.26 Å². The van der Waals surface area contributed by atoms with Crippen LogP contribution in [-0.2, 0) is 16.6 Å². The maximum Gasteiger partial charge on any atom is 0.363 e. The van der Waals surface area contributed by atoms with E-state index in [1.165, 1.54) is 11.3 Å². The highest BCUT2D eigenvalue weighted by Gasteiger charge is 2.25. The van der Waals surface area contributed by atoms with E-state index in [1.54, 1.807) is 16.7 Å². The Hall–Kier alpha value is -2.65. The molecule has 1 aliphatic rings. The number of thiophene rings is 1. The van der Waals surface area contributed by atoms with Crippen molar-refractivity contribution in [1.82, 2.24) is 4.57 Å². The number of aliphatic imine (C=N–C) groups is 1. The van der Waals surface area contributed by atoms with Crippen molar-refractivity contribution in [2.75, 3.05) is 0 Å². The number of nitrogens with zero attached hydrogens (tertiary/aromatic N) is 3. The van der Waals surface area contributed by atoms with E-state index in [-0.39, 0.29) is 5.70 Å². The molecule has 6 heteroatoms. The quantitative estimate of drug-likeness (QED) is 0.632. The molecule has 0 aliphatic carbocycles. The fourth-order valence-electron chi connectivity index (χ4n) is 2.19. The van der Waals surface area contributed by atoms with Crippen LogP contribution in [0.2, 0.25) is 0 Å². The summed E-state index contributed by atoms with van der Waals surface area (Å²) in [5, 5.41) is 9.05. The van der Waals surface area contributed by atoms with Crippen LogP contribution >= 0.6 is 11.3 Å². The van der Waals surface area contributed by atoms with Crippen molar-refractivity contribution < 1.29 is 9.53 Å². The van der Waals surface area contributed by atoms with Gasteiger partial charge in [-0.3, -0.25) is 0 Å². The maximum atomic E-state index is 12.0. The average Bonchev–Trinajstić information content (AvgIpc) is 3.14. The molecule has 0 bridgehead atoms. The van der Waals surface area contributed by atoms with Gasteiger partial charge in [0.15, 0.2) is 5.70 Å². The Morgan fingerprint density at radius 1 is 1.41 bits per heavy atom. The van der Waals surface area contributed by atoms with E-state index >= 15 is 0 Å². The van der Waals surface area contributed by atoms with Crippen LogP contribution in [0.25, 0.3) is 6.08 Å². The first-order valence-electron chi connectivity index (χ1n) is 6.65. The summed E-state index contributed by atoms with van der Waals surface area (Å²) in [6.45, 7) is 3.87. The molecule has 0 saturated heterocycles. The molecular weight excluding hydrogens is 298 g/mol. The molecule has 0 aromatic carbocycles. The zero-order chi connectivity index (χ0) is 15.9. The van der Waals surface area contributed by atoms with E-state index in [4.69, 9.17) is 10.00 Å². The average molecular weight is 311 g/mol. The SMILES string of the molecule is Cc1ccc(C2=N/C(=C\c3cc(C#N)n(C)c3C)C(=O)O2)s1. The molecule has 0 unspecified atom stereocenters. The second kappa shape index (κ2) is 5.28. The minimum atomic E-state index is -0.470. The molecule has 0 amide bonds. The molecule has 0 spiro atoms. The van der Waals surface area contributed by atoms with Crippen molar-refractivity contribution in [2.45, 2.75) is 13.8 Å². The number of carbonyl (C=O) groups is 1. The molecule has 22 heavy (non-hydrogen) atoms. The molecule has 0 saturated carbocycles. The smallest absolute Gasteiger partial charge is 0.363 e. The molecular formula is C16H13N3O2S. The molecule has 3 rings (SSSR count). The number of aryl methyl sites for hydroxylation is 1. The Balaban J connectivity index is 2.00. The van der Waals surface area contributed by atoms with Gasteiger partial charge in [0.2, 0.25) is 5.90 Å². The van der Waals surface area contributed by atoms with Crippen LogP contribution < -0.4 is 0 Å². The zero-order valence-corrected chi connectivity index (χ0v) is 13.2. The molecule has 110 valence electrons. The maximum absolute atomic E-state index is 12.0. The number of rotatable bonds is 2. The molecule has 2 aromatic rings. The summed E-state index contributed by atoms with van der Waals surface area (Å²) in [5.74, 6) is -0.133. The minimum Gasteiger partial charge on any atom is -0.401 e. The van der Waals surface area contributed by atoms with Gasteiger partial charge in [-0.15, -0.1) is 11.3 Å². The second-order valence-corrected chi connectivity index (χ2v) is 6.28. The predicted molar refractivity (Wildman–Crippen MR) is 84.5 cm³/mol. The first-order chi connectivity index (χ1) is 10.5. The van der Waals surface area contributed by atoms with Crippen LogP contribution in [0.15, 0.2) is 28.9 Å². The van der Waals surface area contributed by atoms with Gasteiger partial charge in [0.1, 0.15) is 11.8 Å². The van der Waals surface area contributed by atoms with E-state index in [9.17, 15) is 4.79 Å². The van der Waals surface area contributed by atoms with Gasteiger partial charge >= 0.3 is 5.97 Å². The lowest BCUT2D eigenvalue weighted by Gasteiger charge is -1.97. The van der Waals surface area contributed by atoms with Crippen LogP contribution in [0.4, 0.5) is 0 Å². The highest BCUT2D eigenvalue weighted by Crippen LogP contribution is 2.25. The van der Waals surface area contributed by atoms with Crippen LogP contribution in [-0.4, -0.2) is 16.4 Å². The van der Waals surface area contributed by atoms with Gasteiger partial charge in [0, 0.05) is 17.6 Å². The Morgan fingerprint density at radius 3 is 2.77 bits per heavy atom. The van der Waals surface area contributed by atoms with Crippen LogP contribution in [0.5, 0.6) is 0 Å². The monoisotopic (exact) mass is 311 g/mol. The lowest BCUT2D eigenvalue weighted by atomic mass is 10.2. The number of nitriles is 1. The third-order valence-corrected chi connectivity index (χ3v) is 4.54. The third kappa shape index (κ3) is 2.36. The van der Waals surface area contributed by atoms with Crippen molar-refractivity contribution in [3.63, 3.8) is 0 Å². The molecule has 3 heterocycles. The van der Waals surface area contributed by atoms with E-state index in [2.05, 4.69) is 11.1 Å². The Kier molecular flexibility index (Phi) is 3.43. The van der Waals surface area contributed by atoms with E-state index in [0.717, 1.165) is 21.0 Å². The minimum absolute atomic E-state index is 0.249. The van der Waals surface area contributed by atoms with Gasteiger partial charge in [-0.05, 0) is 43.7 Å². The molecule has 1 aliphatic heterocycles. The molecule has 0 atom stereocenters. The third-order valence-electron chi connectivity index (χ3n) is 3.55. The number of cyclic esters (lactones) is 1. The lowest BCUT2D eigenvalue weighted by molar-refractivity contribution is -0.129. The predicted octanol–water partition coefficient (Wildman–Crippen LogP) is 2.92. The summed E-state index contributed by atoms with van der Waals surface area (Å²) >= 11 is 1.53. The highest BCUT2D eigenvalue weighted by molar-refractivity contribution is 7.14. The van der Waals surface area contributed by atoms with Crippen molar-refractivity contribution >= 4 is 29.3 Å². The van der Waals surface area contributed by atoms with E-state index < -0.39 is 5.97 Å². The van der Waals surface area contributed by atoms with Gasteiger partial charge in [0.05, 0.1) is 4.88 Å². The van der Waals surface area contributed by atoms with Crippen molar-refractivity contribution in [3.8, 4) is 6.07 Å². The Morgan fingerprint density at radius 2 is 2.18 bits per heavy atom. The van der Waals surface area contributed by atoms with Gasteiger partial charge in [-0.1, -0.05) is 0 Å². The lowest BCUT2D eigenvalue weighted by Crippen LogP contribution is -2.03. The number of ether oxygens (including phenoxy) is 1. The number of hydrogen-bond acceptors (Lipinski definition) is 5. The summed E-state index contributed by atoms with van der Waals surface area (Å²) in [7, 11) is 1.81. The van der Waals surface area contributed by atoms with Gasteiger partial charge in [0.25, 0.3) is 0 Å². The number of aromatic nitrogens is 1. The second-order valence-electron chi connectivity index (χ2n) is 4.99. The normalized spacial score (nSPS) is 15.8. The first-order valence-corrected chi connectivity index (χ1v) is 7.47. The molecule has 0 N–H and O–H groups in total. The summed E-state index contributed by atoms with van der Waals surface area (Å²) < 4.78 is 7.01. The Bertz CT molecular complexity index is 878. The fraction of sp³-hybridized carbons (Fsp3) is 0.188. The summed E-state index contributed by atoms with van der Waals surface area (Å²) in [6.07, 6.45) is 1.66. The van der Waals surface area contributed by atoms with Crippen LogP contribution in [0, 0.1) is 25.2 Å². The van der Waals surface area contributed by atoms with Crippen molar-refractivity contribution in [2.24, 2.45) is 12.0 Å². The number of esters is 1. The Labute approximate surface area is 131 Å². The molecule has 0 radical (unpaired) electrons. The molecule has 2 aromatic heterocycles. The van der Waals surface area contributed by atoms with E-state index in [0.29, 0.717) is 11.6 Å². The summed E-state index contributed by atoms with van der Waals surface area (Å²) in [4.78, 5) is 18.2. The topological polar surface area (TPSA) is 67.4 Å². The number of carbonyl (C=O) groups excluding carboxylic acids is 1. The van der Waals surface area contributed by atoms with Crippen molar-refractivity contribution in [3.05, 3.63) is 50.6 Å².